The van der Waals surface area contributed by atoms with Crippen molar-refractivity contribution in [2.24, 2.45) is 5.92 Å². The SMILES string of the molecule is CC1(OC(=O)N[C@H]2CCCCC/C=C\C3C[C@@]3(C(=O)NS(=O)(=O)C3CC3)NC(=O)[C@@H]3C[C@@H](Oc4nccc5ccccc45)CN3C2=O)CCC1. The van der Waals surface area contributed by atoms with E-state index in [0.717, 1.165) is 42.9 Å². The minimum atomic E-state index is -3.87. The quantitative estimate of drug-likeness (QED) is 0.364. The number of alkyl carbamates (subject to hydrolysis) is 1. The van der Waals surface area contributed by atoms with Gasteiger partial charge in [0.15, 0.2) is 0 Å². The Labute approximate surface area is 292 Å². The number of pyridine rings is 1. The number of carbonyl (C=O) groups excluding carboxylic acids is 4. The van der Waals surface area contributed by atoms with Crippen LogP contribution in [0.5, 0.6) is 5.88 Å². The molecule has 14 heteroatoms. The molecule has 50 heavy (non-hydrogen) atoms. The van der Waals surface area contributed by atoms with Crippen molar-refractivity contribution >= 4 is 44.6 Å². The van der Waals surface area contributed by atoms with Gasteiger partial charge in [0.2, 0.25) is 27.7 Å². The molecule has 1 aromatic heterocycles. The maximum absolute atomic E-state index is 14.4. The molecular formula is C36H45N5O8S. The van der Waals surface area contributed by atoms with Crippen LogP contribution < -0.4 is 20.1 Å². The molecule has 2 aliphatic heterocycles. The molecule has 13 nitrogen and oxygen atoms in total. The lowest BCUT2D eigenvalue weighted by atomic mass is 9.82. The molecule has 268 valence electrons. The summed E-state index contributed by atoms with van der Waals surface area (Å²) in [6.07, 6.45) is 11.2. The van der Waals surface area contributed by atoms with E-state index in [-0.39, 0.29) is 19.4 Å². The van der Waals surface area contributed by atoms with Crippen LogP contribution in [0.4, 0.5) is 4.79 Å². The number of amides is 4. The lowest BCUT2D eigenvalue weighted by molar-refractivity contribution is -0.141. The number of sulfonamides is 1. The molecule has 0 spiro atoms. The molecule has 1 aromatic carbocycles. The highest BCUT2D eigenvalue weighted by Crippen LogP contribution is 2.46. The van der Waals surface area contributed by atoms with E-state index in [1.807, 2.05) is 49.4 Å². The van der Waals surface area contributed by atoms with Gasteiger partial charge in [0.25, 0.3) is 5.91 Å². The summed E-state index contributed by atoms with van der Waals surface area (Å²) in [6, 6.07) is 7.46. The van der Waals surface area contributed by atoms with E-state index >= 15 is 0 Å². The van der Waals surface area contributed by atoms with E-state index in [9.17, 15) is 27.6 Å². The smallest absolute Gasteiger partial charge is 0.408 e. The van der Waals surface area contributed by atoms with Gasteiger partial charge < -0.3 is 25.0 Å². The van der Waals surface area contributed by atoms with Crippen molar-refractivity contribution in [3.63, 3.8) is 0 Å². The fraction of sp³-hybridized carbons (Fsp3) is 0.583. The fourth-order valence-electron chi connectivity index (χ4n) is 7.36. The van der Waals surface area contributed by atoms with Crippen LogP contribution in [0.2, 0.25) is 0 Å². The molecule has 5 atom stereocenters. The highest BCUT2D eigenvalue weighted by Gasteiger charge is 2.62. The molecule has 0 radical (unpaired) electrons. The number of allylic oxidation sites excluding steroid dienone is 1. The number of hydrogen-bond acceptors (Lipinski definition) is 9. The number of nitrogens with one attached hydrogen (secondary N) is 3. The lowest BCUT2D eigenvalue weighted by Crippen LogP contribution is -2.58. The normalized spacial score (nSPS) is 30.3. The number of rotatable bonds is 7. The zero-order valence-corrected chi connectivity index (χ0v) is 29.1. The van der Waals surface area contributed by atoms with Crippen molar-refractivity contribution in [3.05, 3.63) is 48.7 Å². The number of hydrogen-bond donors (Lipinski definition) is 3. The molecule has 3 aliphatic carbocycles. The van der Waals surface area contributed by atoms with Gasteiger partial charge in [-0.05, 0) is 82.2 Å². The van der Waals surface area contributed by atoms with Crippen molar-refractivity contribution in [2.75, 3.05) is 6.54 Å². The minimum Gasteiger partial charge on any atom is -0.472 e. The van der Waals surface area contributed by atoms with Gasteiger partial charge >= 0.3 is 6.09 Å². The summed E-state index contributed by atoms with van der Waals surface area (Å²) < 4.78 is 39.9. The fourth-order valence-corrected chi connectivity index (χ4v) is 8.73. The Morgan fingerprint density at radius 2 is 1.84 bits per heavy atom. The van der Waals surface area contributed by atoms with Crippen LogP contribution in [0.25, 0.3) is 10.8 Å². The van der Waals surface area contributed by atoms with Crippen LogP contribution in [0, 0.1) is 5.92 Å². The van der Waals surface area contributed by atoms with Crippen LogP contribution in [-0.4, -0.2) is 83.2 Å². The molecule has 4 amide bonds. The van der Waals surface area contributed by atoms with E-state index in [1.165, 1.54) is 4.90 Å². The van der Waals surface area contributed by atoms with Crippen LogP contribution in [0.15, 0.2) is 48.7 Å². The van der Waals surface area contributed by atoms with Gasteiger partial charge in [-0.15, -0.1) is 0 Å². The predicted molar refractivity (Wildman–Crippen MR) is 183 cm³/mol. The van der Waals surface area contributed by atoms with E-state index in [4.69, 9.17) is 9.47 Å². The van der Waals surface area contributed by atoms with Crippen molar-refractivity contribution in [2.45, 2.75) is 119 Å². The average Bonchev–Trinajstić information content (AvgIpc) is 3.99. The zero-order chi connectivity index (χ0) is 35.1. The Balaban J connectivity index is 1.17. The summed E-state index contributed by atoms with van der Waals surface area (Å²) in [4.78, 5) is 61.3. The van der Waals surface area contributed by atoms with Gasteiger partial charge in [-0.25, -0.2) is 18.2 Å². The Kier molecular flexibility index (Phi) is 9.25. The number of aromatic nitrogens is 1. The predicted octanol–water partition coefficient (Wildman–Crippen LogP) is 3.62. The van der Waals surface area contributed by atoms with Gasteiger partial charge in [0.05, 0.1) is 11.8 Å². The zero-order valence-electron chi connectivity index (χ0n) is 28.3. The van der Waals surface area contributed by atoms with E-state index < -0.39 is 74.3 Å². The van der Waals surface area contributed by atoms with Gasteiger partial charge in [0, 0.05) is 23.9 Å². The standard InChI is InChI=1S/C36H45N5O8S/c1-35(17-9-18-35)49-34(45)38-28-13-6-4-2-3-5-11-24-21-36(24,33(44)40-50(46,47)26-14-15-26)39-30(42)29-20-25(22-41(29)32(28)43)48-31-27-12-8-7-10-23(27)16-19-37-31/h5,7-8,10-12,16,19,24-26,28-29H,2-4,6,9,13-15,17-18,20-22H2,1H3,(H,38,45)(H,39,42)(H,40,44)/b11-5-/t24?,25-,28+,29+,36-/m1/s1. The highest BCUT2D eigenvalue weighted by atomic mass is 32.2. The summed E-state index contributed by atoms with van der Waals surface area (Å²) in [6.45, 7) is 1.91. The molecule has 3 N–H and O–H groups in total. The van der Waals surface area contributed by atoms with Crippen LogP contribution >= 0.6 is 0 Å². The number of ether oxygens (including phenoxy) is 2. The first-order chi connectivity index (χ1) is 24.0. The molecule has 4 fully saturated rings. The highest BCUT2D eigenvalue weighted by molar-refractivity contribution is 7.91. The molecule has 7 rings (SSSR count). The van der Waals surface area contributed by atoms with Crippen LogP contribution in [0.3, 0.4) is 0 Å². The average molecular weight is 708 g/mol. The first kappa shape index (κ1) is 34.3. The Morgan fingerprint density at radius 1 is 1.04 bits per heavy atom. The lowest BCUT2D eigenvalue weighted by Gasteiger charge is -2.38. The molecule has 1 saturated heterocycles. The monoisotopic (exact) mass is 707 g/mol. The van der Waals surface area contributed by atoms with Gasteiger partial charge in [-0.2, -0.15) is 0 Å². The first-order valence-corrected chi connectivity index (χ1v) is 19.4. The topological polar surface area (TPSA) is 173 Å². The second-order valence-electron chi connectivity index (χ2n) is 14.7. The number of benzene rings is 1. The van der Waals surface area contributed by atoms with Crippen molar-refractivity contribution in [1.29, 1.82) is 0 Å². The van der Waals surface area contributed by atoms with Crippen molar-refractivity contribution in [3.8, 4) is 5.88 Å². The van der Waals surface area contributed by atoms with Gasteiger partial charge in [-0.3, -0.25) is 19.1 Å². The van der Waals surface area contributed by atoms with E-state index in [1.54, 1.807) is 6.20 Å². The Morgan fingerprint density at radius 3 is 2.60 bits per heavy atom. The maximum atomic E-state index is 14.4. The minimum absolute atomic E-state index is 0.0331. The summed E-state index contributed by atoms with van der Waals surface area (Å²) in [5, 5.41) is 6.78. The second-order valence-corrected chi connectivity index (χ2v) is 16.7. The third-order valence-electron chi connectivity index (χ3n) is 10.8. The molecule has 5 aliphatic rings. The summed E-state index contributed by atoms with van der Waals surface area (Å²) in [7, 11) is -3.87. The molecule has 1 unspecified atom stereocenters. The summed E-state index contributed by atoms with van der Waals surface area (Å²) >= 11 is 0. The second kappa shape index (κ2) is 13.5. The van der Waals surface area contributed by atoms with Crippen LogP contribution in [0.1, 0.15) is 84.0 Å². The maximum Gasteiger partial charge on any atom is 0.408 e. The number of fused-ring (bicyclic) bond motifs is 3. The number of carbonyl (C=O) groups is 4. The van der Waals surface area contributed by atoms with Gasteiger partial charge in [-0.1, -0.05) is 43.2 Å². The Bertz CT molecular complexity index is 1800. The molecule has 3 heterocycles. The molecular weight excluding hydrogens is 662 g/mol. The van der Waals surface area contributed by atoms with Gasteiger partial charge in [0.1, 0.15) is 29.3 Å². The molecule has 0 bridgehead atoms. The summed E-state index contributed by atoms with van der Waals surface area (Å²) in [5.41, 5.74) is -2.04. The molecule has 2 aromatic rings. The molecule has 3 saturated carbocycles. The first-order valence-electron chi connectivity index (χ1n) is 17.8. The van der Waals surface area contributed by atoms with Crippen LogP contribution in [-0.2, 0) is 29.1 Å². The largest absolute Gasteiger partial charge is 0.472 e. The van der Waals surface area contributed by atoms with E-state index in [2.05, 4.69) is 20.3 Å². The van der Waals surface area contributed by atoms with E-state index in [0.29, 0.717) is 38.0 Å². The van der Waals surface area contributed by atoms with Crippen molar-refractivity contribution < 1.29 is 37.1 Å². The third-order valence-corrected chi connectivity index (χ3v) is 12.6. The third kappa shape index (κ3) is 7.17. The summed E-state index contributed by atoms with van der Waals surface area (Å²) in [5.74, 6) is -1.85. The van der Waals surface area contributed by atoms with Crippen molar-refractivity contribution in [1.82, 2.24) is 25.2 Å². The number of nitrogens with zero attached hydrogens (tertiary/aromatic N) is 2. The Hall–Kier alpha value is -4.20.